The van der Waals surface area contributed by atoms with Crippen molar-refractivity contribution in [3.05, 3.63) is 18.2 Å². The zero-order valence-corrected chi connectivity index (χ0v) is 5.01. The number of nitrogens with one attached hydrogen (secondary N) is 2. The molecule has 1 rings (SSSR count). The third-order valence-corrected chi connectivity index (χ3v) is 0.970. The Morgan fingerprint density at radius 2 is 2.67 bits per heavy atom. The van der Waals surface area contributed by atoms with Gasteiger partial charge in [-0.25, -0.2) is 4.98 Å². The van der Waals surface area contributed by atoms with Gasteiger partial charge in [-0.1, -0.05) is 0 Å². The molecule has 48 valence electrons. The third-order valence-electron chi connectivity index (χ3n) is 0.970. The lowest BCUT2D eigenvalue weighted by Gasteiger charge is -1.90. The van der Waals surface area contributed by atoms with E-state index >= 15 is 0 Å². The molecule has 0 saturated carbocycles. The molecule has 0 aliphatic carbocycles. The Balaban J connectivity index is 2.77. The maximum absolute atomic E-state index is 10.7. The highest BCUT2D eigenvalue weighted by Gasteiger charge is 2.00. The molecule has 0 spiro atoms. The first-order valence-electron chi connectivity index (χ1n) is 2.55. The Bertz CT molecular complexity index is 192. The largest absolute Gasteiger partial charge is 0.354 e. The highest BCUT2D eigenvalue weighted by molar-refractivity contribution is 5.91. The number of hydrogen-bond donors (Lipinski definition) is 2. The number of imidazole rings is 1. The molecule has 9 heavy (non-hydrogen) atoms. The topological polar surface area (TPSA) is 57.8 Å². The minimum Gasteiger partial charge on any atom is -0.354 e. The van der Waals surface area contributed by atoms with Crippen molar-refractivity contribution in [3.63, 3.8) is 0 Å². The van der Waals surface area contributed by atoms with E-state index in [1.165, 1.54) is 12.5 Å². The molecule has 0 aliphatic heterocycles. The Kier molecular flexibility index (Phi) is 1.48. The summed E-state index contributed by atoms with van der Waals surface area (Å²) in [4.78, 5) is 17.0. The third kappa shape index (κ3) is 1.07. The van der Waals surface area contributed by atoms with Gasteiger partial charge in [0.2, 0.25) is 0 Å². The molecule has 0 unspecified atom stereocenters. The van der Waals surface area contributed by atoms with Gasteiger partial charge in [0.25, 0.3) is 5.91 Å². The molecular formula is C5H7N3O. The fourth-order valence-electron chi connectivity index (χ4n) is 0.515. The zero-order chi connectivity index (χ0) is 6.69. The predicted molar refractivity (Wildman–Crippen MR) is 32.0 cm³/mol. The molecule has 0 aromatic carbocycles. The predicted octanol–water partition coefficient (Wildman–Crippen LogP) is -0.231. The van der Waals surface area contributed by atoms with Crippen LogP contribution in [0.5, 0.6) is 0 Å². The Labute approximate surface area is 52.3 Å². The first-order chi connectivity index (χ1) is 4.34. The van der Waals surface area contributed by atoms with Crippen LogP contribution >= 0.6 is 0 Å². The molecule has 1 heterocycles. The van der Waals surface area contributed by atoms with Crippen LogP contribution < -0.4 is 5.32 Å². The van der Waals surface area contributed by atoms with E-state index in [-0.39, 0.29) is 5.91 Å². The maximum Gasteiger partial charge on any atom is 0.269 e. The minimum absolute atomic E-state index is 0.146. The highest BCUT2D eigenvalue weighted by atomic mass is 16.1. The molecular weight excluding hydrogens is 118 g/mol. The van der Waals surface area contributed by atoms with Crippen molar-refractivity contribution in [2.75, 3.05) is 7.05 Å². The fourth-order valence-corrected chi connectivity index (χ4v) is 0.515. The summed E-state index contributed by atoms with van der Waals surface area (Å²) >= 11 is 0. The quantitative estimate of drug-likeness (QED) is 0.544. The molecule has 2 N–H and O–H groups in total. The summed E-state index contributed by atoms with van der Waals surface area (Å²) in [6.45, 7) is 0. The number of rotatable bonds is 1. The number of aromatic amines is 1. The van der Waals surface area contributed by atoms with Crippen molar-refractivity contribution >= 4 is 5.91 Å². The standard InChI is InChI=1S/C5H7N3O/c1-6-5(9)4-2-7-3-8-4/h2-3H,1H3,(H,6,9)(H,7,8). The molecule has 0 bridgehead atoms. The van der Waals surface area contributed by atoms with Gasteiger partial charge >= 0.3 is 0 Å². The second kappa shape index (κ2) is 2.30. The van der Waals surface area contributed by atoms with Gasteiger partial charge in [0.1, 0.15) is 5.69 Å². The molecule has 4 heteroatoms. The van der Waals surface area contributed by atoms with Crippen LogP contribution in [0.15, 0.2) is 12.5 Å². The lowest BCUT2D eigenvalue weighted by atomic mass is 10.4. The smallest absolute Gasteiger partial charge is 0.269 e. The molecule has 1 aromatic rings. The van der Waals surface area contributed by atoms with Gasteiger partial charge in [-0.2, -0.15) is 0 Å². The summed E-state index contributed by atoms with van der Waals surface area (Å²) in [5.74, 6) is -0.146. The van der Waals surface area contributed by atoms with E-state index in [1.807, 2.05) is 0 Å². The van der Waals surface area contributed by atoms with Gasteiger partial charge in [0.15, 0.2) is 0 Å². The van der Waals surface area contributed by atoms with Crippen molar-refractivity contribution in [1.29, 1.82) is 0 Å². The van der Waals surface area contributed by atoms with E-state index in [0.29, 0.717) is 5.69 Å². The van der Waals surface area contributed by atoms with Crippen molar-refractivity contribution in [1.82, 2.24) is 15.3 Å². The van der Waals surface area contributed by atoms with Crippen molar-refractivity contribution in [3.8, 4) is 0 Å². The van der Waals surface area contributed by atoms with Crippen LogP contribution in [-0.2, 0) is 0 Å². The number of H-pyrrole nitrogens is 1. The summed E-state index contributed by atoms with van der Waals surface area (Å²) in [5, 5.41) is 2.46. The number of hydrogen-bond acceptors (Lipinski definition) is 2. The zero-order valence-electron chi connectivity index (χ0n) is 5.01. The molecule has 1 aromatic heterocycles. The van der Waals surface area contributed by atoms with Gasteiger partial charge in [0, 0.05) is 7.05 Å². The number of carbonyl (C=O) groups excluding carboxylic acids is 1. The Hall–Kier alpha value is -1.32. The van der Waals surface area contributed by atoms with Crippen LogP contribution in [0.4, 0.5) is 0 Å². The Morgan fingerprint density at radius 3 is 3.11 bits per heavy atom. The van der Waals surface area contributed by atoms with Gasteiger partial charge in [-0.15, -0.1) is 0 Å². The number of aromatic nitrogens is 2. The second-order valence-corrected chi connectivity index (χ2v) is 1.54. The number of carbonyl (C=O) groups is 1. The van der Waals surface area contributed by atoms with E-state index in [1.54, 1.807) is 7.05 Å². The molecule has 4 nitrogen and oxygen atoms in total. The van der Waals surface area contributed by atoms with E-state index in [0.717, 1.165) is 0 Å². The van der Waals surface area contributed by atoms with Crippen LogP contribution in [0, 0.1) is 0 Å². The van der Waals surface area contributed by atoms with E-state index in [9.17, 15) is 4.79 Å². The highest BCUT2D eigenvalue weighted by Crippen LogP contribution is 1.87. The molecule has 0 radical (unpaired) electrons. The first kappa shape index (κ1) is 5.81. The number of nitrogens with zero attached hydrogens (tertiary/aromatic N) is 1. The summed E-state index contributed by atoms with van der Waals surface area (Å²) < 4.78 is 0. The molecule has 1 amide bonds. The van der Waals surface area contributed by atoms with Crippen LogP contribution in [-0.4, -0.2) is 22.9 Å². The van der Waals surface area contributed by atoms with E-state index < -0.39 is 0 Å². The maximum atomic E-state index is 10.7. The molecule has 0 aliphatic rings. The van der Waals surface area contributed by atoms with Crippen molar-refractivity contribution < 1.29 is 4.79 Å². The molecule has 0 atom stereocenters. The Morgan fingerprint density at radius 1 is 1.89 bits per heavy atom. The average molecular weight is 125 g/mol. The van der Waals surface area contributed by atoms with Crippen molar-refractivity contribution in [2.24, 2.45) is 0 Å². The van der Waals surface area contributed by atoms with E-state index in [4.69, 9.17) is 0 Å². The van der Waals surface area contributed by atoms with E-state index in [2.05, 4.69) is 15.3 Å². The first-order valence-corrected chi connectivity index (χ1v) is 2.55. The van der Waals surface area contributed by atoms with Crippen LogP contribution in [0.2, 0.25) is 0 Å². The fraction of sp³-hybridized carbons (Fsp3) is 0.200. The average Bonchev–Trinajstić information content (AvgIpc) is 2.37. The summed E-state index contributed by atoms with van der Waals surface area (Å²) in [6, 6.07) is 0. The summed E-state index contributed by atoms with van der Waals surface area (Å²) in [6.07, 6.45) is 2.93. The van der Waals surface area contributed by atoms with Gasteiger partial charge in [-0.05, 0) is 0 Å². The van der Waals surface area contributed by atoms with Gasteiger partial charge in [-0.3, -0.25) is 4.79 Å². The monoisotopic (exact) mass is 125 g/mol. The number of amides is 1. The normalized spacial score (nSPS) is 9.00. The van der Waals surface area contributed by atoms with Crippen LogP contribution in [0.1, 0.15) is 10.5 Å². The summed E-state index contributed by atoms with van der Waals surface area (Å²) in [5.41, 5.74) is 0.484. The second-order valence-electron chi connectivity index (χ2n) is 1.54. The summed E-state index contributed by atoms with van der Waals surface area (Å²) in [7, 11) is 1.57. The molecule has 0 saturated heterocycles. The molecule has 0 fully saturated rings. The van der Waals surface area contributed by atoms with Crippen LogP contribution in [0.25, 0.3) is 0 Å². The van der Waals surface area contributed by atoms with Gasteiger partial charge < -0.3 is 10.3 Å². The van der Waals surface area contributed by atoms with Crippen molar-refractivity contribution in [2.45, 2.75) is 0 Å². The van der Waals surface area contributed by atoms with Gasteiger partial charge in [0.05, 0.1) is 12.5 Å². The lowest BCUT2D eigenvalue weighted by molar-refractivity contribution is 0.0958. The SMILES string of the molecule is CNC(=O)c1cnc[nH]1. The lowest BCUT2D eigenvalue weighted by Crippen LogP contribution is -2.17. The minimum atomic E-state index is -0.146. The van der Waals surface area contributed by atoms with Crippen LogP contribution in [0.3, 0.4) is 0 Å².